The number of hydrogen-bond donors (Lipinski definition) is 2. The number of amides is 1. The highest BCUT2D eigenvalue weighted by Crippen LogP contribution is 2.16. The zero-order valence-electron chi connectivity index (χ0n) is 12.9. The fourth-order valence-electron chi connectivity index (χ4n) is 1.89. The Morgan fingerprint density at radius 2 is 2.22 bits per heavy atom. The van der Waals surface area contributed by atoms with Crippen LogP contribution in [0.2, 0.25) is 0 Å². The molecular formula is C14H19ClN4O3S. The van der Waals surface area contributed by atoms with Crippen LogP contribution in [0.25, 0.3) is 0 Å². The van der Waals surface area contributed by atoms with Gasteiger partial charge in [0.2, 0.25) is 0 Å². The van der Waals surface area contributed by atoms with Crippen molar-refractivity contribution in [2.45, 2.75) is 13.3 Å². The summed E-state index contributed by atoms with van der Waals surface area (Å²) in [5.74, 6) is -0.745. The van der Waals surface area contributed by atoms with Crippen molar-refractivity contribution >= 4 is 41.3 Å². The van der Waals surface area contributed by atoms with Gasteiger partial charge in [-0.25, -0.2) is 9.78 Å². The Bertz CT molecular complexity index is 683. The second kappa shape index (κ2) is 8.66. The normalized spacial score (nSPS) is 10.0. The second-order valence-corrected chi connectivity index (χ2v) is 5.51. The minimum atomic E-state index is -0.426. The largest absolute Gasteiger partial charge is 0.461 e. The maximum Gasteiger partial charge on any atom is 0.355 e. The van der Waals surface area contributed by atoms with Crippen LogP contribution in [0, 0.1) is 0 Å². The highest BCUT2D eigenvalue weighted by atomic mass is 35.5. The van der Waals surface area contributed by atoms with Crippen LogP contribution in [0.5, 0.6) is 0 Å². The molecule has 0 aliphatic rings. The average Bonchev–Trinajstić information content (AvgIpc) is 3.06. The fraction of sp³-hybridized carbons (Fsp3) is 0.357. The third kappa shape index (κ3) is 4.78. The van der Waals surface area contributed by atoms with Crippen molar-refractivity contribution < 1.29 is 14.3 Å². The van der Waals surface area contributed by atoms with E-state index >= 15 is 0 Å². The van der Waals surface area contributed by atoms with Gasteiger partial charge in [-0.2, -0.15) is 0 Å². The van der Waals surface area contributed by atoms with Gasteiger partial charge in [-0.05, 0) is 19.5 Å². The summed E-state index contributed by atoms with van der Waals surface area (Å²) in [5.41, 5.74) is 6.70. The molecule has 0 atom stereocenters. The Morgan fingerprint density at radius 3 is 2.87 bits per heavy atom. The Labute approximate surface area is 144 Å². The topological polar surface area (TPSA) is 99.2 Å². The summed E-state index contributed by atoms with van der Waals surface area (Å²) in [6.07, 6.45) is 2.30. The van der Waals surface area contributed by atoms with E-state index < -0.39 is 5.97 Å². The van der Waals surface area contributed by atoms with Crippen molar-refractivity contribution in [3.05, 3.63) is 34.0 Å². The number of carbonyl (C=O) groups excluding carboxylic acids is 2. The summed E-state index contributed by atoms with van der Waals surface area (Å²) in [7, 11) is 1.71. The monoisotopic (exact) mass is 358 g/mol. The van der Waals surface area contributed by atoms with Crippen molar-refractivity contribution in [1.29, 1.82) is 0 Å². The SMILES string of the molecule is CCOC(=O)c1cc(NC(=O)c2csc(CCN)n2)cn1C.Cl. The number of aryl methyl sites for hydroxylation is 1. The summed E-state index contributed by atoms with van der Waals surface area (Å²) in [6, 6.07) is 1.57. The number of rotatable bonds is 6. The van der Waals surface area contributed by atoms with Crippen molar-refractivity contribution in [2.24, 2.45) is 12.8 Å². The lowest BCUT2D eigenvalue weighted by Gasteiger charge is -2.01. The molecule has 0 fully saturated rings. The van der Waals surface area contributed by atoms with Crippen molar-refractivity contribution in [3.63, 3.8) is 0 Å². The van der Waals surface area contributed by atoms with Crippen LogP contribution in [-0.4, -0.2) is 34.6 Å². The van der Waals surface area contributed by atoms with Gasteiger partial charge >= 0.3 is 5.97 Å². The molecule has 9 heteroatoms. The molecule has 0 aromatic carbocycles. The number of ether oxygens (including phenoxy) is 1. The molecule has 1 amide bonds. The maximum absolute atomic E-state index is 12.1. The zero-order chi connectivity index (χ0) is 16.1. The van der Waals surface area contributed by atoms with Gasteiger partial charge in [0, 0.05) is 25.0 Å². The summed E-state index contributed by atoms with van der Waals surface area (Å²) >= 11 is 1.40. The zero-order valence-corrected chi connectivity index (χ0v) is 14.5. The molecule has 0 spiro atoms. The van der Waals surface area contributed by atoms with Gasteiger partial charge in [-0.3, -0.25) is 4.79 Å². The fourth-order valence-corrected chi connectivity index (χ4v) is 2.68. The number of hydrogen-bond acceptors (Lipinski definition) is 6. The number of nitrogens with one attached hydrogen (secondary N) is 1. The number of carbonyl (C=O) groups is 2. The van der Waals surface area contributed by atoms with E-state index in [2.05, 4.69) is 10.3 Å². The molecule has 7 nitrogen and oxygen atoms in total. The lowest BCUT2D eigenvalue weighted by Crippen LogP contribution is -2.12. The van der Waals surface area contributed by atoms with Crippen molar-refractivity contribution in [2.75, 3.05) is 18.5 Å². The summed E-state index contributed by atoms with van der Waals surface area (Å²) < 4.78 is 6.55. The van der Waals surface area contributed by atoms with E-state index in [9.17, 15) is 9.59 Å². The molecule has 126 valence electrons. The Hall–Kier alpha value is -1.90. The molecule has 0 saturated carbocycles. The van der Waals surface area contributed by atoms with Gasteiger partial charge in [0.25, 0.3) is 5.91 Å². The summed E-state index contributed by atoms with van der Waals surface area (Å²) in [6.45, 7) is 2.54. The van der Waals surface area contributed by atoms with E-state index in [4.69, 9.17) is 10.5 Å². The lowest BCUT2D eigenvalue weighted by molar-refractivity contribution is 0.0515. The second-order valence-electron chi connectivity index (χ2n) is 4.56. The number of esters is 1. The minimum Gasteiger partial charge on any atom is -0.461 e. The highest BCUT2D eigenvalue weighted by molar-refractivity contribution is 7.09. The first-order valence-electron chi connectivity index (χ1n) is 6.84. The molecule has 0 aliphatic carbocycles. The van der Waals surface area contributed by atoms with Crippen LogP contribution in [0.1, 0.15) is 32.9 Å². The van der Waals surface area contributed by atoms with E-state index in [-0.39, 0.29) is 18.3 Å². The standard InChI is InChI=1S/C14H18N4O3S.ClH/c1-3-21-14(20)11-6-9(7-18(11)2)16-13(19)10-8-22-12(17-10)4-5-15;/h6-8H,3-5,15H2,1-2H3,(H,16,19);1H. The number of halogens is 1. The van der Waals surface area contributed by atoms with Crippen molar-refractivity contribution in [3.8, 4) is 0 Å². The van der Waals surface area contributed by atoms with E-state index in [0.29, 0.717) is 36.6 Å². The summed E-state index contributed by atoms with van der Waals surface area (Å²) in [5, 5.41) is 5.23. The number of nitrogens with zero attached hydrogens (tertiary/aromatic N) is 2. The van der Waals surface area contributed by atoms with Crippen LogP contribution >= 0.6 is 23.7 Å². The maximum atomic E-state index is 12.1. The van der Waals surface area contributed by atoms with E-state index in [1.54, 1.807) is 36.2 Å². The molecule has 23 heavy (non-hydrogen) atoms. The van der Waals surface area contributed by atoms with Gasteiger partial charge in [0.15, 0.2) is 0 Å². The molecule has 2 heterocycles. The van der Waals surface area contributed by atoms with Gasteiger partial charge in [-0.15, -0.1) is 23.7 Å². The number of anilines is 1. The Balaban J connectivity index is 0.00000264. The Morgan fingerprint density at radius 1 is 1.48 bits per heavy atom. The molecule has 0 aliphatic heterocycles. The molecule has 0 radical (unpaired) electrons. The third-order valence-corrected chi connectivity index (χ3v) is 3.80. The molecule has 0 bridgehead atoms. The van der Waals surface area contributed by atoms with E-state index in [1.165, 1.54) is 11.3 Å². The molecule has 0 unspecified atom stereocenters. The number of nitrogens with two attached hydrogens (primary N) is 1. The molecule has 2 aromatic heterocycles. The lowest BCUT2D eigenvalue weighted by atomic mass is 10.3. The third-order valence-electron chi connectivity index (χ3n) is 2.89. The first kappa shape index (κ1) is 19.1. The van der Waals surface area contributed by atoms with E-state index in [0.717, 1.165) is 5.01 Å². The molecule has 0 saturated heterocycles. The van der Waals surface area contributed by atoms with Crippen LogP contribution in [0.4, 0.5) is 5.69 Å². The van der Waals surface area contributed by atoms with Crippen LogP contribution in [0.15, 0.2) is 17.6 Å². The minimum absolute atomic E-state index is 0. The highest BCUT2D eigenvalue weighted by Gasteiger charge is 2.16. The summed E-state index contributed by atoms with van der Waals surface area (Å²) in [4.78, 5) is 28.1. The van der Waals surface area contributed by atoms with Gasteiger partial charge < -0.3 is 20.4 Å². The number of aromatic nitrogens is 2. The van der Waals surface area contributed by atoms with E-state index in [1.807, 2.05) is 0 Å². The quantitative estimate of drug-likeness (QED) is 0.767. The van der Waals surface area contributed by atoms with Gasteiger partial charge in [0.05, 0.1) is 17.3 Å². The Kier molecular flexibility index (Phi) is 7.21. The first-order valence-corrected chi connectivity index (χ1v) is 7.72. The smallest absolute Gasteiger partial charge is 0.355 e. The molecular weight excluding hydrogens is 340 g/mol. The first-order chi connectivity index (χ1) is 10.5. The van der Waals surface area contributed by atoms with Crippen LogP contribution in [0.3, 0.4) is 0 Å². The molecule has 2 rings (SSSR count). The van der Waals surface area contributed by atoms with Crippen molar-refractivity contribution in [1.82, 2.24) is 9.55 Å². The molecule has 2 aromatic rings. The van der Waals surface area contributed by atoms with Crippen LogP contribution in [-0.2, 0) is 18.2 Å². The van der Waals surface area contributed by atoms with Gasteiger partial charge in [0.1, 0.15) is 11.4 Å². The molecule has 3 N–H and O–H groups in total. The van der Waals surface area contributed by atoms with Gasteiger partial charge in [-0.1, -0.05) is 0 Å². The average molecular weight is 359 g/mol. The predicted octanol–water partition coefficient (Wildman–Crippen LogP) is 1.83. The number of thiazole rings is 1. The van der Waals surface area contributed by atoms with Crippen LogP contribution < -0.4 is 11.1 Å². The predicted molar refractivity (Wildman–Crippen MR) is 91.4 cm³/mol.